The summed E-state index contributed by atoms with van der Waals surface area (Å²) in [7, 11) is 2.29. The Morgan fingerprint density at radius 1 is 1.00 bits per heavy atom. The van der Waals surface area contributed by atoms with Gasteiger partial charge in [-0.1, -0.05) is 0 Å². The van der Waals surface area contributed by atoms with Crippen LogP contribution in [0.15, 0.2) is 0 Å². The molecular weight excluding hydrogens is 198 g/mol. The quantitative estimate of drug-likeness (QED) is 0.687. The monoisotopic (exact) mass is 223 g/mol. The first-order valence-electron chi connectivity index (χ1n) is 6.85. The summed E-state index contributed by atoms with van der Waals surface area (Å²) < 4.78 is 0. The molecule has 2 bridgehead atoms. The second-order valence-electron chi connectivity index (χ2n) is 6.21. The van der Waals surface area contributed by atoms with Gasteiger partial charge in [0.1, 0.15) is 0 Å². The van der Waals surface area contributed by atoms with E-state index >= 15 is 0 Å². The molecule has 0 saturated carbocycles. The van der Waals surface area contributed by atoms with Gasteiger partial charge in [0.25, 0.3) is 0 Å². The smallest absolute Gasteiger partial charge is 0.0242 e. The maximum Gasteiger partial charge on any atom is 0.0242 e. The summed E-state index contributed by atoms with van der Waals surface area (Å²) >= 11 is 0. The molecule has 0 aromatic heterocycles. The largest absolute Gasteiger partial charge is 0.301 e. The molecule has 3 aliphatic rings. The third kappa shape index (κ3) is 1.69. The summed E-state index contributed by atoms with van der Waals surface area (Å²) in [5, 5.41) is 0. The van der Waals surface area contributed by atoms with Crippen molar-refractivity contribution in [3.63, 3.8) is 0 Å². The van der Waals surface area contributed by atoms with Gasteiger partial charge in [-0.2, -0.15) is 0 Å². The van der Waals surface area contributed by atoms with Crippen molar-refractivity contribution in [2.24, 2.45) is 0 Å². The lowest BCUT2D eigenvalue weighted by molar-refractivity contribution is 0.105. The molecule has 0 spiro atoms. The minimum Gasteiger partial charge on any atom is -0.301 e. The maximum absolute atomic E-state index is 2.81. The normalized spacial score (nSPS) is 41.6. The fraction of sp³-hybridized carbons (Fsp3) is 1.00. The Morgan fingerprint density at radius 3 is 2.31 bits per heavy atom. The summed E-state index contributed by atoms with van der Waals surface area (Å²) in [5.41, 5.74) is 0. The van der Waals surface area contributed by atoms with Crippen molar-refractivity contribution in [3.05, 3.63) is 0 Å². The number of likely N-dealkylation sites (tertiary alicyclic amines) is 3. The fourth-order valence-electron chi connectivity index (χ4n) is 3.85. The van der Waals surface area contributed by atoms with Crippen LogP contribution in [0.1, 0.15) is 26.7 Å². The minimum atomic E-state index is 0.729. The Hall–Kier alpha value is -0.120. The second-order valence-corrected chi connectivity index (χ2v) is 6.21. The van der Waals surface area contributed by atoms with Crippen molar-refractivity contribution in [1.82, 2.24) is 14.7 Å². The van der Waals surface area contributed by atoms with E-state index in [0.29, 0.717) is 0 Å². The Labute approximate surface area is 99.4 Å². The highest BCUT2D eigenvalue weighted by atomic mass is 15.4. The molecule has 0 aromatic carbocycles. The number of hydrogen-bond acceptors (Lipinski definition) is 3. The fourth-order valence-corrected chi connectivity index (χ4v) is 3.85. The van der Waals surface area contributed by atoms with Crippen molar-refractivity contribution < 1.29 is 0 Å². The SMILES string of the molecule is CC(C)N1CCC(N2CC3CC2CN3C)C1. The molecule has 0 N–H and O–H groups in total. The molecule has 0 radical (unpaired) electrons. The number of likely N-dealkylation sites (N-methyl/N-ethyl adjacent to an activating group) is 1. The highest BCUT2D eigenvalue weighted by Crippen LogP contribution is 2.33. The molecule has 3 nitrogen and oxygen atoms in total. The first kappa shape index (κ1) is 11.0. The van der Waals surface area contributed by atoms with Crippen LogP contribution in [0.25, 0.3) is 0 Å². The average molecular weight is 223 g/mol. The molecule has 3 aliphatic heterocycles. The van der Waals surface area contributed by atoms with Gasteiger partial charge in [-0.3, -0.25) is 9.80 Å². The predicted molar refractivity (Wildman–Crippen MR) is 66.6 cm³/mol. The molecule has 3 heteroatoms. The van der Waals surface area contributed by atoms with Crippen LogP contribution in [-0.2, 0) is 0 Å². The molecule has 92 valence electrons. The summed E-state index contributed by atoms with van der Waals surface area (Å²) in [6.07, 6.45) is 2.82. The molecule has 3 fully saturated rings. The number of nitrogens with zero attached hydrogens (tertiary/aromatic N) is 3. The van der Waals surface area contributed by atoms with Crippen LogP contribution in [0.5, 0.6) is 0 Å². The van der Waals surface area contributed by atoms with Gasteiger partial charge in [-0.05, 0) is 33.7 Å². The van der Waals surface area contributed by atoms with Crippen LogP contribution in [0, 0.1) is 0 Å². The van der Waals surface area contributed by atoms with E-state index in [2.05, 4.69) is 35.6 Å². The second kappa shape index (κ2) is 3.97. The van der Waals surface area contributed by atoms with Gasteiger partial charge in [-0.15, -0.1) is 0 Å². The average Bonchev–Trinajstić information content (AvgIpc) is 2.88. The standard InChI is InChI=1S/C13H25N3/c1-10(2)15-5-4-11(8-15)16-9-12-6-13(16)7-14(12)3/h10-13H,4-9H2,1-3H3. The van der Waals surface area contributed by atoms with Crippen LogP contribution in [0.4, 0.5) is 0 Å². The summed E-state index contributed by atoms with van der Waals surface area (Å²) in [6.45, 7) is 9.91. The van der Waals surface area contributed by atoms with E-state index in [1.54, 1.807) is 0 Å². The molecule has 3 saturated heterocycles. The van der Waals surface area contributed by atoms with E-state index in [4.69, 9.17) is 0 Å². The van der Waals surface area contributed by atoms with E-state index in [9.17, 15) is 0 Å². The van der Waals surface area contributed by atoms with Crippen LogP contribution in [0.2, 0.25) is 0 Å². The molecule has 16 heavy (non-hydrogen) atoms. The van der Waals surface area contributed by atoms with Crippen molar-refractivity contribution in [1.29, 1.82) is 0 Å². The molecule has 0 aliphatic carbocycles. The van der Waals surface area contributed by atoms with E-state index in [1.165, 1.54) is 39.0 Å². The van der Waals surface area contributed by atoms with Crippen molar-refractivity contribution in [2.75, 3.05) is 33.2 Å². The number of rotatable bonds is 2. The van der Waals surface area contributed by atoms with E-state index in [1.807, 2.05) is 0 Å². The Bertz CT molecular complexity index is 264. The zero-order chi connectivity index (χ0) is 11.3. The van der Waals surface area contributed by atoms with E-state index in [-0.39, 0.29) is 0 Å². The summed E-state index contributed by atoms with van der Waals surface area (Å²) in [6, 6.07) is 3.31. The van der Waals surface area contributed by atoms with Crippen LogP contribution in [-0.4, -0.2) is 72.1 Å². The van der Waals surface area contributed by atoms with Crippen molar-refractivity contribution >= 4 is 0 Å². The first-order chi connectivity index (χ1) is 7.65. The molecule has 3 unspecified atom stereocenters. The molecule has 0 aromatic rings. The maximum atomic E-state index is 2.81. The Balaban J connectivity index is 1.60. The highest BCUT2D eigenvalue weighted by Gasteiger charge is 2.45. The predicted octanol–water partition coefficient (Wildman–Crippen LogP) is 0.857. The van der Waals surface area contributed by atoms with Gasteiger partial charge in [0, 0.05) is 50.3 Å². The Morgan fingerprint density at radius 2 is 1.81 bits per heavy atom. The summed E-state index contributed by atoms with van der Waals surface area (Å²) in [4.78, 5) is 8.00. The lowest BCUT2D eigenvalue weighted by Gasteiger charge is -2.36. The van der Waals surface area contributed by atoms with Crippen LogP contribution < -0.4 is 0 Å². The van der Waals surface area contributed by atoms with Crippen molar-refractivity contribution in [2.45, 2.75) is 50.9 Å². The van der Waals surface area contributed by atoms with Gasteiger partial charge in [0.2, 0.25) is 0 Å². The molecule has 3 rings (SSSR count). The lowest BCUT2D eigenvalue weighted by Crippen LogP contribution is -2.50. The van der Waals surface area contributed by atoms with Gasteiger partial charge in [-0.25, -0.2) is 0 Å². The molecular formula is C13H25N3. The molecule has 0 amide bonds. The van der Waals surface area contributed by atoms with Crippen molar-refractivity contribution in [3.8, 4) is 0 Å². The summed E-state index contributed by atoms with van der Waals surface area (Å²) in [5.74, 6) is 0. The topological polar surface area (TPSA) is 9.72 Å². The third-order valence-electron chi connectivity index (χ3n) is 4.95. The van der Waals surface area contributed by atoms with Crippen LogP contribution >= 0.6 is 0 Å². The van der Waals surface area contributed by atoms with Crippen LogP contribution in [0.3, 0.4) is 0 Å². The molecule has 3 heterocycles. The number of piperazine rings is 1. The third-order valence-corrected chi connectivity index (χ3v) is 4.95. The zero-order valence-corrected chi connectivity index (χ0v) is 10.9. The van der Waals surface area contributed by atoms with E-state index < -0.39 is 0 Å². The molecule has 3 atom stereocenters. The van der Waals surface area contributed by atoms with Gasteiger partial charge in [0.15, 0.2) is 0 Å². The zero-order valence-electron chi connectivity index (χ0n) is 10.9. The van der Waals surface area contributed by atoms with Gasteiger partial charge < -0.3 is 4.90 Å². The lowest BCUT2D eigenvalue weighted by atomic mass is 10.2. The van der Waals surface area contributed by atoms with Gasteiger partial charge >= 0.3 is 0 Å². The highest BCUT2D eigenvalue weighted by molar-refractivity contribution is 5.02. The number of fused-ring (bicyclic) bond motifs is 2. The first-order valence-corrected chi connectivity index (χ1v) is 6.85. The number of hydrogen-bond donors (Lipinski definition) is 0. The van der Waals surface area contributed by atoms with Gasteiger partial charge in [0.05, 0.1) is 0 Å². The Kier molecular flexibility index (Phi) is 2.73. The minimum absolute atomic E-state index is 0.729. The van der Waals surface area contributed by atoms with E-state index in [0.717, 1.165) is 24.2 Å².